The van der Waals surface area contributed by atoms with Gasteiger partial charge in [-0.3, -0.25) is 9.79 Å². The molecule has 84 valence electrons. The van der Waals surface area contributed by atoms with Crippen LogP contribution in [0.2, 0.25) is 0 Å². The average molecular weight is 225 g/mol. The van der Waals surface area contributed by atoms with Crippen LogP contribution in [0.15, 0.2) is 40.3 Å². The molecule has 2 N–H and O–H groups in total. The quantitative estimate of drug-likeness (QED) is 0.813. The third-order valence-corrected chi connectivity index (χ3v) is 2.93. The zero-order valence-electron chi connectivity index (χ0n) is 9.13. The van der Waals surface area contributed by atoms with Crippen LogP contribution in [0.5, 0.6) is 0 Å². The predicted octanol–water partition coefficient (Wildman–Crippen LogP) is 1.48. The summed E-state index contributed by atoms with van der Waals surface area (Å²) in [6, 6.07) is 7.68. The maximum absolute atomic E-state index is 11.0. The van der Waals surface area contributed by atoms with Crippen molar-refractivity contribution < 1.29 is 4.79 Å². The van der Waals surface area contributed by atoms with Gasteiger partial charge < -0.3 is 5.73 Å². The molecule has 0 radical (unpaired) electrons. The van der Waals surface area contributed by atoms with Crippen molar-refractivity contribution in [1.29, 1.82) is 0 Å². The summed E-state index contributed by atoms with van der Waals surface area (Å²) in [5, 5.41) is 0. The van der Waals surface area contributed by atoms with Crippen LogP contribution < -0.4 is 5.73 Å². The van der Waals surface area contributed by atoms with Crippen LogP contribution in [0.3, 0.4) is 0 Å². The largest absolute Gasteiger partial charge is 0.370 e. The van der Waals surface area contributed by atoms with Crippen molar-refractivity contribution in [2.45, 2.75) is 12.5 Å². The Morgan fingerprint density at radius 3 is 3.00 bits per heavy atom. The molecule has 2 heterocycles. The third kappa shape index (κ3) is 1.58. The van der Waals surface area contributed by atoms with Crippen LogP contribution >= 0.6 is 0 Å². The lowest BCUT2D eigenvalue weighted by molar-refractivity contribution is -0.118. The molecule has 0 spiro atoms. The molecule has 2 aliphatic rings. The Kier molecular flexibility index (Phi) is 2.14. The van der Waals surface area contributed by atoms with Gasteiger partial charge >= 0.3 is 0 Å². The minimum Gasteiger partial charge on any atom is -0.370 e. The summed E-state index contributed by atoms with van der Waals surface area (Å²) in [7, 11) is 0. The number of allylic oxidation sites excluding steroid dienone is 1. The SMILES string of the molecule is NC(=O)CC1N=CC=C2C1=Nc1ccccc12. The number of para-hydroxylation sites is 1. The van der Waals surface area contributed by atoms with Crippen molar-refractivity contribution in [3.05, 3.63) is 35.9 Å². The van der Waals surface area contributed by atoms with Gasteiger partial charge in [0.05, 0.1) is 17.8 Å². The highest BCUT2D eigenvalue weighted by Gasteiger charge is 2.29. The number of nitrogens with zero attached hydrogens (tertiary/aromatic N) is 2. The van der Waals surface area contributed by atoms with E-state index in [1.807, 2.05) is 30.3 Å². The Balaban J connectivity index is 2.03. The standard InChI is InChI=1S/C13H11N3O/c14-12(17)7-11-13-9(5-6-15-11)8-3-1-2-4-10(8)16-13/h1-6,11H,7H2,(H2,14,17). The molecular formula is C13H11N3O. The monoisotopic (exact) mass is 225 g/mol. The minimum absolute atomic E-state index is 0.209. The van der Waals surface area contributed by atoms with Crippen LogP contribution in [0.1, 0.15) is 12.0 Å². The van der Waals surface area contributed by atoms with Gasteiger partial charge in [-0.25, -0.2) is 4.99 Å². The van der Waals surface area contributed by atoms with Crippen molar-refractivity contribution in [2.75, 3.05) is 0 Å². The van der Waals surface area contributed by atoms with Gasteiger partial charge in [-0.2, -0.15) is 0 Å². The van der Waals surface area contributed by atoms with Gasteiger partial charge in [-0.1, -0.05) is 18.2 Å². The second-order valence-electron chi connectivity index (χ2n) is 4.08. The number of aliphatic imine (C=N–C) groups is 2. The van der Waals surface area contributed by atoms with E-state index in [2.05, 4.69) is 9.98 Å². The number of fused-ring (bicyclic) bond motifs is 3. The topological polar surface area (TPSA) is 67.8 Å². The third-order valence-electron chi connectivity index (χ3n) is 2.93. The molecule has 1 aromatic rings. The molecule has 0 saturated carbocycles. The predicted molar refractivity (Wildman–Crippen MR) is 67.6 cm³/mol. The number of nitrogens with two attached hydrogens (primary N) is 1. The van der Waals surface area contributed by atoms with Gasteiger partial charge in [-0.05, 0) is 12.1 Å². The van der Waals surface area contributed by atoms with Gasteiger partial charge in [0.2, 0.25) is 5.91 Å². The molecule has 1 amide bonds. The molecule has 0 aromatic heterocycles. The first-order chi connectivity index (χ1) is 8.25. The highest BCUT2D eigenvalue weighted by atomic mass is 16.1. The summed E-state index contributed by atoms with van der Waals surface area (Å²) in [4.78, 5) is 19.8. The van der Waals surface area contributed by atoms with Crippen molar-refractivity contribution in [3.8, 4) is 0 Å². The van der Waals surface area contributed by atoms with Gasteiger partial charge in [0, 0.05) is 17.4 Å². The molecule has 17 heavy (non-hydrogen) atoms. The van der Waals surface area contributed by atoms with Crippen molar-refractivity contribution in [3.63, 3.8) is 0 Å². The summed E-state index contributed by atoms with van der Waals surface area (Å²) in [6.45, 7) is 0. The first-order valence-corrected chi connectivity index (χ1v) is 5.46. The van der Waals surface area contributed by atoms with E-state index in [-0.39, 0.29) is 18.4 Å². The number of dihydropyridines is 1. The fourth-order valence-corrected chi connectivity index (χ4v) is 2.19. The Hall–Kier alpha value is -2.23. The molecule has 4 nitrogen and oxygen atoms in total. The van der Waals surface area contributed by atoms with Gasteiger partial charge in [0.25, 0.3) is 0 Å². The Labute approximate surface area is 98.6 Å². The van der Waals surface area contributed by atoms with Crippen molar-refractivity contribution >= 4 is 29.1 Å². The Morgan fingerprint density at radius 1 is 1.35 bits per heavy atom. The van der Waals surface area contributed by atoms with E-state index in [9.17, 15) is 4.79 Å². The zero-order chi connectivity index (χ0) is 11.8. The number of hydrogen-bond acceptors (Lipinski definition) is 3. The minimum atomic E-state index is -0.355. The number of rotatable bonds is 2. The van der Waals surface area contributed by atoms with Gasteiger partial charge in [0.1, 0.15) is 6.04 Å². The fraction of sp³-hybridized carbons (Fsp3) is 0.154. The second kappa shape index (κ2) is 3.66. The number of amides is 1. The molecule has 1 atom stereocenters. The number of carbonyl (C=O) groups is 1. The van der Waals surface area contributed by atoms with E-state index in [1.54, 1.807) is 6.21 Å². The maximum atomic E-state index is 11.0. The molecular weight excluding hydrogens is 214 g/mol. The van der Waals surface area contributed by atoms with Gasteiger partial charge in [0.15, 0.2) is 0 Å². The normalized spacial score (nSPS) is 20.4. The average Bonchev–Trinajstić information content (AvgIpc) is 2.68. The molecule has 0 fully saturated rings. The molecule has 1 unspecified atom stereocenters. The van der Waals surface area contributed by atoms with E-state index < -0.39 is 0 Å². The van der Waals surface area contributed by atoms with E-state index >= 15 is 0 Å². The number of primary amides is 1. The lowest BCUT2D eigenvalue weighted by Crippen LogP contribution is -2.27. The molecule has 2 aliphatic heterocycles. The fourth-order valence-electron chi connectivity index (χ4n) is 2.19. The zero-order valence-corrected chi connectivity index (χ0v) is 9.13. The Morgan fingerprint density at radius 2 is 2.18 bits per heavy atom. The second-order valence-corrected chi connectivity index (χ2v) is 4.08. The van der Waals surface area contributed by atoms with Crippen LogP contribution in [-0.4, -0.2) is 23.9 Å². The smallest absolute Gasteiger partial charge is 0.219 e. The van der Waals surface area contributed by atoms with Crippen LogP contribution in [0, 0.1) is 0 Å². The lowest BCUT2D eigenvalue weighted by Gasteiger charge is -2.15. The van der Waals surface area contributed by atoms with E-state index in [0.29, 0.717) is 0 Å². The summed E-state index contributed by atoms with van der Waals surface area (Å²) in [6.07, 6.45) is 3.87. The van der Waals surface area contributed by atoms with E-state index in [1.165, 1.54) is 0 Å². The number of carbonyl (C=O) groups excluding carboxylic acids is 1. The van der Waals surface area contributed by atoms with Crippen molar-refractivity contribution in [2.24, 2.45) is 15.7 Å². The summed E-state index contributed by atoms with van der Waals surface area (Å²) in [5.74, 6) is -0.355. The number of benzene rings is 1. The van der Waals surface area contributed by atoms with E-state index in [0.717, 1.165) is 22.5 Å². The summed E-state index contributed by atoms with van der Waals surface area (Å²) < 4.78 is 0. The maximum Gasteiger partial charge on any atom is 0.219 e. The number of hydrogen-bond donors (Lipinski definition) is 1. The highest BCUT2D eigenvalue weighted by molar-refractivity contribution is 6.34. The highest BCUT2D eigenvalue weighted by Crippen LogP contribution is 2.37. The molecule has 1 aromatic carbocycles. The lowest BCUT2D eigenvalue weighted by atomic mass is 9.95. The van der Waals surface area contributed by atoms with Crippen molar-refractivity contribution in [1.82, 2.24) is 0 Å². The summed E-state index contributed by atoms with van der Waals surface area (Å²) >= 11 is 0. The van der Waals surface area contributed by atoms with Crippen LogP contribution in [-0.2, 0) is 4.79 Å². The molecule has 3 rings (SSSR count). The van der Waals surface area contributed by atoms with E-state index in [4.69, 9.17) is 5.73 Å². The van der Waals surface area contributed by atoms with Crippen LogP contribution in [0.4, 0.5) is 5.69 Å². The molecule has 4 heteroatoms. The summed E-state index contributed by atoms with van der Waals surface area (Å²) in [5.41, 5.74) is 9.17. The van der Waals surface area contributed by atoms with Crippen LogP contribution in [0.25, 0.3) is 5.57 Å². The molecule has 0 saturated heterocycles. The first-order valence-electron chi connectivity index (χ1n) is 5.46. The van der Waals surface area contributed by atoms with Gasteiger partial charge in [-0.15, -0.1) is 0 Å². The first kappa shape index (κ1) is 9.96. The Bertz CT molecular complexity index is 584. The molecule has 0 bridgehead atoms. The molecule has 0 aliphatic carbocycles.